The van der Waals surface area contributed by atoms with E-state index in [1.165, 1.54) is 44.2 Å². The van der Waals surface area contributed by atoms with Gasteiger partial charge in [-0.1, -0.05) is 56.0 Å². The molecule has 0 spiro atoms. The van der Waals surface area contributed by atoms with Crippen LogP contribution in [0.15, 0.2) is 40.8 Å². The first-order valence-electron chi connectivity index (χ1n) is 8.24. The van der Waals surface area contributed by atoms with Crippen molar-refractivity contribution in [2.24, 2.45) is 5.10 Å². The minimum atomic E-state index is 0.881. The van der Waals surface area contributed by atoms with E-state index in [-0.39, 0.29) is 0 Å². The number of nitrogens with zero attached hydrogens (tertiary/aromatic N) is 2. The molecule has 22 heavy (non-hydrogen) atoms. The molecule has 1 heterocycles. The molecule has 2 aromatic rings. The molecule has 0 unspecified atom stereocenters. The van der Waals surface area contributed by atoms with Crippen LogP contribution in [0.5, 0.6) is 0 Å². The van der Waals surface area contributed by atoms with Crippen LogP contribution in [-0.4, -0.2) is 10.7 Å². The summed E-state index contributed by atoms with van der Waals surface area (Å²) >= 11 is 1.62. The van der Waals surface area contributed by atoms with E-state index in [9.17, 15) is 0 Å². The van der Waals surface area contributed by atoms with E-state index in [1.807, 2.05) is 18.2 Å². The number of aromatic nitrogens is 1. The summed E-state index contributed by atoms with van der Waals surface area (Å²) in [5.74, 6) is 0. The molecule has 1 aromatic carbocycles. The minimum absolute atomic E-state index is 0.881. The minimum Gasteiger partial charge on any atom is -0.253 e. The number of anilines is 1. The third-order valence-electron chi connectivity index (χ3n) is 4.06. The van der Waals surface area contributed by atoms with Crippen molar-refractivity contribution in [1.82, 2.24) is 4.98 Å². The van der Waals surface area contributed by atoms with E-state index in [2.05, 4.69) is 33.0 Å². The molecule has 0 radical (unpaired) electrons. The third-order valence-corrected chi connectivity index (χ3v) is 4.81. The first-order valence-corrected chi connectivity index (χ1v) is 9.12. The lowest BCUT2D eigenvalue weighted by molar-refractivity contribution is 0.624. The van der Waals surface area contributed by atoms with Crippen LogP contribution in [0.1, 0.15) is 51.4 Å². The molecule has 1 fully saturated rings. The van der Waals surface area contributed by atoms with Crippen molar-refractivity contribution < 1.29 is 0 Å². The molecule has 116 valence electrons. The predicted molar refractivity (Wildman–Crippen MR) is 95.5 cm³/mol. The van der Waals surface area contributed by atoms with E-state index in [0.717, 1.165) is 29.2 Å². The summed E-state index contributed by atoms with van der Waals surface area (Å²) in [5.41, 5.74) is 6.64. The molecular weight excluding hydrogens is 290 g/mol. The quantitative estimate of drug-likeness (QED) is 0.737. The lowest BCUT2D eigenvalue weighted by Gasteiger charge is -2.04. The van der Waals surface area contributed by atoms with Crippen LogP contribution in [0, 0.1) is 0 Å². The summed E-state index contributed by atoms with van der Waals surface area (Å²) < 4.78 is 0. The van der Waals surface area contributed by atoms with Crippen molar-refractivity contribution >= 4 is 22.2 Å². The zero-order valence-corrected chi connectivity index (χ0v) is 13.7. The summed E-state index contributed by atoms with van der Waals surface area (Å²) in [7, 11) is 0. The lowest BCUT2D eigenvalue weighted by atomic mass is 10.1. The highest BCUT2D eigenvalue weighted by atomic mass is 32.1. The van der Waals surface area contributed by atoms with Crippen molar-refractivity contribution in [1.29, 1.82) is 0 Å². The van der Waals surface area contributed by atoms with E-state index in [1.54, 1.807) is 11.3 Å². The number of thiazole rings is 1. The van der Waals surface area contributed by atoms with E-state index >= 15 is 0 Å². The molecule has 0 atom stereocenters. The van der Waals surface area contributed by atoms with Crippen LogP contribution in [0.2, 0.25) is 0 Å². The van der Waals surface area contributed by atoms with Crippen LogP contribution in [0.3, 0.4) is 0 Å². The maximum Gasteiger partial charge on any atom is 0.203 e. The summed E-state index contributed by atoms with van der Waals surface area (Å²) in [5, 5.41) is 7.58. The molecule has 0 saturated heterocycles. The molecule has 0 aliphatic heterocycles. The smallest absolute Gasteiger partial charge is 0.203 e. The summed E-state index contributed by atoms with van der Waals surface area (Å²) in [6, 6.07) is 10.3. The van der Waals surface area contributed by atoms with Crippen molar-refractivity contribution in [2.45, 2.75) is 51.4 Å². The molecule has 0 bridgehead atoms. The summed E-state index contributed by atoms with van der Waals surface area (Å²) in [6.45, 7) is 0. The first-order chi connectivity index (χ1) is 10.9. The Morgan fingerprint density at radius 2 is 1.59 bits per heavy atom. The Morgan fingerprint density at radius 1 is 0.909 bits per heavy atom. The Labute approximate surface area is 136 Å². The highest BCUT2D eigenvalue weighted by molar-refractivity contribution is 7.14. The topological polar surface area (TPSA) is 37.3 Å². The zero-order valence-electron chi connectivity index (χ0n) is 12.9. The van der Waals surface area contributed by atoms with Gasteiger partial charge in [0.1, 0.15) is 0 Å². The molecule has 1 aliphatic carbocycles. The number of hydrogen-bond donors (Lipinski definition) is 1. The predicted octanol–water partition coefficient (Wildman–Crippen LogP) is 5.71. The van der Waals surface area contributed by atoms with Gasteiger partial charge in [0.05, 0.1) is 5.69 Å². The van der Waals surface area contributed by atoms with E-state index in [4.69, 9.17) is 0 Å². The van der Waals surface area contributed by atoms with Gasteiger partial charge in [0.15, 0.2) is 0 Å². The second-order valence-electron chi connectivity index (χ2n) is 5.82. The highest BCUT2D eigenvalue weighted by Crippen LogP contribution is 2.24. The van der Waals surface area contributed by atoms with Gasteiger partial charge in [-0.15, -0.1) is 11.3 Å². The number of hydrogen-bond acceptors (Lipinski definition) is 4. The van der Waals surface area contributed by atoms with Crippen LogP contribution >= 0.6 is 11.3 Å². The fourth-order valence-corrected chi connectivity index (χ4v) is 3.46. The normalized spacial score (nSPS) is 16.5. The molecule has 1 aromatic heterocycles. The maximum atomic E-state index is 4.63. The van der Waals surface area contributed by atoms with Crippen molar-refractivity contribution in [3.05, 3.63) is 35.7 Å². The highest BCUT2D eigenvalue weighted by Gasteiger charge is 2.06. The Balaban J connectivity index is 1.63. The van der Waals surface area contributed by atoms with Gasteiger partial charge in [0, 0.05) is 16.7 Å². The van der Waals surface area contributed by atoms with Crippen molar-refractivity contribution in [2.75, 3.05) is 5.43 Å². The van der Waals surface area contributed by atoms with Crippen LogP contribution in [-0.2, 0) is 0 Å². The molecule has 1 N–H and O–H groups in total. The van der Waals surface area contributed by atoms with Gasteiger partial charge in [0.25, 0.3) is 0 Å². The second-order valence-corrected chi connectivity index (χ2v) is 6.67. The third kappa shape index (κ3) is 4.41. The van der Waals surface area contributed by atoms with Gasteiger partial charge in [0.2, 0.25) is 5.13 Å². The summed E-state index contributed by atoms with van der Waals surface area (Å²) in [4.78, 5) is 4.63. The van der Waals surface area contributed by atoms with Gasteiger partial charge in [-0.25, -0.2) is 4.98 Å². The SMILES string of the molecule is c1ccc(-c2csc(NN=C3CCCCCCCC3)n2)cc1. The van der Waals surface area contributed by atoms with E-state index < -0.39 is 0 Å². The molecule has 3 nitrogen and oxygen atoms in total. The first kappa shape index (κ1) is 15.2. The zero-order chi connectivity index (χ0) is 15.0. The number of benzene rings is 1. The average Bonchev–Trinajstić information content (AvgIpc) is 3.07. The Morgan fingerprint density at radius 3 is 2.32 bits per heavy atom. The molecule has 4 heteroatoms. The van der Waals surface area contributed by atoms with Crippen LogP contribution < -0.4 is 5.43 Å². The van der Waals surface area contributed by atoms with Crippen LogP contribution in [0.4, 0.5) is 5.13 Å². The molecule has 0 amide bonds. The largest absolute Gasteiger partial charge is 0.253 e. The fraction of sp³-hybridized carbons (Fsp3) is 0.444. The molecule has 1 saturated carbocycles. The van der Waals surface area contributed by atoms with Gasteiger partial charge >= 0.3 is 0 Å². The van der Waals surface area contributed by atoms with Gasteiger partial charge in [-0.05, 0) is 25.7 Å². The average molecular weight is 313 g/mol. The second kappa shape index (κ2) is 8.08. The fourth-order valence-electron chi connectivity index (χ4n) is 2.80. The van der Waals surface area contributed by atoms with E-state index in [0.29, 0.717) is 0 Å². The lowest BCUT2D eigenvalue weighted by Crippen LogP contribution is -2.02. The van der Waals surface area contributed by atoms with Crippen molar-refractivity contribution in [3.8, 4) is 11.3 Å². The number of nitrogens with one attached hydrogen (secondary N) is 1. The monoisotopic (exact) mass is 313 g/mol. The molecular formula is C18H23N3S. The number of rotatable bonds is 3. The van der Waals surface area contributed by atoms with Gasteiger partial charge < -0.3 is 0 Å². The van der Waals surface area contributed by atoms with Crippen molar-refractivity contribution in [3.63, 3.8) is 0 Å². The Hall–Kier alpha value is -1.68. The maximum absolute atomic E-state index is 4.63. The van der Waals surface area contributed by atoms with Gasteiger partial charge in [-0.2, -0.15) is 5.10 Å². The van der Waals surface area contributed by atoms with Crippen LogP contribution in [0.25, 0.3) is 11.3 Å². The molecule has 1 aliphatic rings. The standard InChI is InChI=1S/C18H23N3S/c1-2-4-9-13-16(12-8-3-1)20-21-18-19-17(14-22-18)15-10-6-5-7-11-15/h5-7,10-11,14H,1-4,8-9,12-13H2,(H,19,21). The molecule has 3 rings (SSSR count). The number of hydrazone groups is 1. The Bertz CT molecular complexity index is 592. The Kier molecular flexibility index (Phi) is 5.59. The summed E-state index contributed by atoms with van der Waals surface area (Å²) in [6.07, 6.45) is 10.2. The van der Waals surface area contributed by atoms with Gasteiger partial charge in [-0.3, -0.25) is 5.43 Å².